The Morgan fingerprint density at radius 2 is 2.07 bits per heavy atom. The van der Waals surface area contributed by atoms with Crippen LogP contribution in [0.5, 0.6) is 0 Å². The number of nitrogens with two attached hydrogens (primary N) is 1. The second kappa shape index (κ2) is 4.07. The standard InChI is InChI=1S/C10H11N3S/c1-6-3-7(2)9(13-10(12)14)4-8(6)5-11/h3-4H,1-2H3,(H3,12,13,14). The van der Waals surface area contributed by atoms with Gasteiger partial charge in [-0.15, -0.1) is 0 Å². The number of thiocarbonyl (C=S) groups is 1. The van der Waals surface area contributed by atoms with Gasteiger partial charge in [0.05, 0.1) is 11.6 Å². The zero-order chi connectivity index (χ0) is 10.7. The summed E-state index contributed by atoms with van der Waals surface area (Å²) in [5.41, 5.74) is 8.76. The molecule has 0 aliphatic carbocycles. The van der Waals surface area contributed by atoms with E-state index in [9.17, 15) is 0 Å². The minimum atomic E-state index is 0.209. The number of rotatable bonds is 1. The lowest BCUT2D eigenvalue weighted by atomic mass is 10.0. The highest BCUT2D eigenvalue weighted by molar-refractivity contribution is 7.80. The molecule has 0 aliphatic rings. The Balaban J connectivity index is 3.19. The van der Waals surface area contributed by atoms with Gasteiger partial charge >= 0.3 is 0 Å². The second-order valence-corrected chi connectivity index (χ2v) is 3.52. The maximum Gasteiger partial charge on any atom is 0.168 e. The molecule has 1 rings (SSSR count). The number of nitrogens with one attached hydrogen (secondary N) is 1. The highest BCUT2D eigenvalue weighted by Gasteiger charge is 2.04. The Bertz CT molecular complexity index is 418. The number of anilines is 1. The van der Waals surface area contributed by atoms with Crippen LogP contribution < -0.4 is 11.1 Å². The highest BCUT2D eigenvalue weighted by atomic mass is 32.1. The number of hydrogen-bond acceptors (Lipinski definition) is 2. The zero-order valence-corrected chi connectivity index (χ0v) is 8.90. The van der Waals surface area contributed by atoms with Gasteiger partial charge in [0, 0.05) is 5.69 Å². The first-order valence-corrected chi connectivity index (χ1v) is 4.53. The number of nitrogens with zero attached hydrogens (tertiary/aromatic N) is 1. The SMILES string of the molecule is Cc1cc(C)c(NC(N)=S)cc1C#N. The third-order valence-corrected chi connectivity index (χ3v) is 2.05. The van der Waals surface area contributed by atoms with E-state index in [4.69, 9.17) is 23.2 Å². The van der Waals surface area contributed by atoms with E-state index in [-0.39, 0.29) is 5.11 Å². The van der Waals surface area contributed by atoms with Crippen molar-refractivity contribution in [2.75, 3.05) is 5.32 Å². The van der Waals surface area contributed by atoms with Crippen molar-refractivity contribution in [3.05, 3.63) is 28.8 Å². The molecule has 0 fully saturated rings. The monoisotopic (exact) mass is 205 g/mol. The zero-order valence-electron chi connectivity index (χ0n) is 8.09. The van der Waals surface area contributed by atoms with Crippen LogP contribution in [-0.4, -0.2) is 5.11 Å². The molecule has 0 atom stereocenters. The molecule has 4 heteroatoms. The minimum Gasteiger partial charge on any atom is -0.376 e. The predicted octanol–water partition coefficient (Wildman–Crippen LogP) is 1.83. The fraction of sp³-hybridized carbons (Fsp3) is 0.200. The largest absolute Gasteiger partial charge is 0.376 e. The molecule has 0 heterocycles. The van der Waals surface area contributed by atoms with Gasteiger partial charge in [0.1, 0.15) is 0 Å². The van der Waals surface area contributed by atoms with Gasteiger partial charge in [0.25, 0.3) is 0 Å². The molecule has 1 aromatic rings. The summed E-state index contributed by atoms with van der Waals surface area (Å²) in [6.07, 6.45) is 0. The van der Waals surface area contributed by atoms with Gasteiger partial charge in [-0.2, -0.15) is 5.26 Å². The van der Waals surface area contributed by atoms with Gasteiger partial charge in [-0.05, 0) is 43.3 Å². The Hall–Kier alpha value is -1.60. The van der Waals surface area contributed by atoms with Crippen LogP contribution in [-0.2, 0) is 0 Å². The first-order valence-electron chi connectivity index (χ1n) is 4.12. The van der Waals surface area contributed by atoms with E-state index in [0.29, 0.717) is 5.56 Å². The quantitative estimate of drug-likeness (QED) is 0.687. The van der Waals surface area contributed by atoms with Crippen LogP contribution in [0.2, 0.25) is 0 Å². The Kier molecular flexibility index (Phi) is 3.05. The number of hydrogen-bond donors (Lipinski definition) is 2. The Morgan fingerprint density at radius 1 is 1.43 bits per heavy atom. The van der Waals surface area contributed by atoms with Crippen LogP contribution in [0.1, 0.15) is 16.7 Å². The van der Waals surface area contributed by atoms with Gasteiger partial charge in [-0.25, -0.2) is 0 Å². The van der Waals surface area contributed by atoms with Gasteiger partial charge < -0.3 is 11.1 Å². The van der Waals surface area contributed by atoms with E-state index in [1.54, 1.807) is 6.07 Å². The third-order valence-electron chi connectivity index (χ3n) is 1.95. The summed E-state index contributed by atoms with van der Waals surface area (Å²) in [6.45, 7) is 3.84. The molecule has 0 amide bonds. The Labute approximate surface area is 88.5 Å². The molecular weight excluding hydrogens is 194 g/mol. The van der Waals surface area contributed by atoms with Crippen LogP contribution >= 0.6 is 12.2 Å². The van der Waals surface area contributed by atoms with E-state index < -0.39 is 0 Å². The van der Waals surface area contributed by atoms with Crippen molar-refractivity contribution in [1.82, 2.24) is 0 Å². The van der Waals surface area contributed by atoms with E-state index >= 15 is 0 Å². The summed E-state index contributed by atoms with van der Waals surface area (Å²) in [5.74, 6) is 0. The van der Waals surface area contributed by atoms with E-state index in [0.717, 1.165) is 16.8 Å². The number of benzene rings is 1. The van der Waals surface area contributed by atoms with Crippen molar-refractivity contribution in [3.63, 3.8) is 0 Å². The van der Waals surface area contributed by atoms with Crippen molar-refractivity contribution >= 4 is 23.0 Å². The van der Waals surface area contributed by atoms with Gasteiger partial charge in [0.2, 0.25) is 0 Å². The van der Waals surface area contributed by atoms with Crippen LogP contribution in [0.25, 0.3) is 0 Å². The van der Waals surface area contributed by atoms with Crippen molar-refractivity contribution < 1.29 is 0 Å². The molecule has 0 saturated carbocycles. The molecule has 3 nitrogen and oxygen atoms in total. The lowest BCUT2D eigenvalue weighted by Gasteiger charge is -2.09. The summed E-state index contributed by atoms with van der Waals surface area (Å²) in [6, 6.07) is 5.80. The summed E-state index contributed by atoms with van der Waals surface area (Å²) in [4.78, 5) is 0. The minimum absolute atomic E-state index is 0.209. The fourth-order valence-electron chi connectivity index (χ4n) is 1.24. The molecule has 0 aliphatic heterocycles. The molecule has 0 bridgehead atoms. The maximum absolute atomic E-state index is 8.83. The van der Waals surface area contributed by atoms with Gasteiger partial charge in [0.15, 0.2) is 5.11 Å². The van der Waals surface area contributed by atoms with Crippen molar-refractivity contribution in [1.29, 1.82) is 5.26 Å². The lowest BCUT2D eigenvalue weighted by Crippen LogP contribution is -2.19. The third kappa shape index (κ3) is 2.21. The molecule has 3 N–H and O–H groups in total. The number of aryl methyl sites for hydroxylation is 2. The second-order valence-electron chi connectivity index (χ2n) is 3.08. The molecule has 0 unspecified atom stereocenters. The molecule has 14 heavy (non-hydrogen) atoms. The van der Waals surface area contributed by atoms with Crippen molar-refractivity contribution in [3.8, 4) is 6.07 Å². The molecule has 0 saturated heterocycles. The summed E-state index contributed by atoms with van der Waals surface area (Å²) >= 11 is 4.73. The number of nitriles is 1. The average Bonchev–Trinajstić information content (AvgIpc) is 2.09. The highest BCUT2D eigenvalue weighted by Crippen LogP contribution is 2.19. The van der Waals surface area contributed by atoms with E-state index in [2.05, 4.69) is 11.4 Å². The van der Waals surface area contributed by atoms with Crippen LogP contribution in [0, 0.1) is 25.2 Å². The van der Waals surface area contributed by atoms with E-state index in [1.807, 2.05) is 19.9 Å². The van der Waals surface area contributed by atoms with Gasteiger partial charge in [-0.3, -0.25) is 0 Å². The summed E-state index contributed by atoms with van der Waals surface area (Å²) in [7, 11) is 0. The van der Waals surface area contributed by atoms with Crippen LogP contribution in [0.4, 0.5) is 5.69 Å². The molecule has 0 spiro atoms. The molecule has 1 aromatic carbocycles. The molecule has 72 valence electrons. The van der Waals surface area contributed by atoms with Crippen molar-refractivity contribution in [2.24, 2.45) is 5.73 Å². The molecular formula is C10H11N3S. The summed E-state index contributed by atoms with van der Waals surface area (Å²) < 4.78 is 0. The normalized spacial score (nSPS) is 9.21. The van der Waals surface area contributed by atoms with Crippen LogP contribution in [0.3, 0.4) is 0 Å². The topological polar surface area (TPSA) is 61.8 Å². The maximum atomic E-state index is 8.83. The average molecular weight is 205 g/mol. The predicted molar refractivity (Wildman–Crippen MR) is 61.0 cm³/mol. The smallest absolute Gasteiger partial charge is 0.168 e. The summed E-state index contributed by atoms with van der Waals surface area (Å²) in [5, 5.41) is 11.9. The van der Waals surface area contributed by atoms with Crippen LogP contribution in [0.15, 0.2) is 12.1 Å². The molecule has 0 aromatic heterocycles. The Morgan fingerprint density at radius 3 is 2.57 bits per heavy atom. The van der Waals surface area contributed by atoms with Crippen molar-refractivity contribution in [2.45, 2.75) is 13.8 Å². The van der Waals surface area contributed by atoms with Gasteiger partial charge in [-0.1, -0.05) is 6.07 Å². The fourth-order valence-corrected chi connectivity index (χ4v) is 1.35. The first kappa shape index (κ1) is 10.5. The first-order chi connectivity index (χ1) is 6.54. The lowest BCUT2D eigenvalue weighted by molar-refractivity contribution is 1.34. The van der Waals surface area contributed by atoms with E-state index in [1.165, 1.54) is 0 Å². The molecule has 0 radical (unpaired) electrons.